The summed E-state index contributed by atoms with van der Waals surface area (Å²) in [4.78, 5) is 0. The van der Waals surface area contributed by atoms with Crippen molar-refractivity contribution in [1.82, 2.24) is 0 Å². The fraction of sp³-hybridized carbons (Fsp3) is 1.00. The van der Waals surface area contributed by atoms with Crippen LogP contribution in [0.5, 0.6) is 0 Å². The van der Waals surface area contributed by atoms with Crippen molar-refractivity contribution in [3.63, 3.8) is 0 Å². The topological polar surface area (TPSA) is 147 Å². The SMILES string of the molecule is NCCN.O.O.O.[Cu]. The van der Waals surface area contributed by atoms with E-state index in [1.807, 2.05) is 0 Å². The van der Waals surface area contributed by atoms with Gasteiger partial charge in [0.15, 0.2) is 0 Å². The molecule has 0 amide bonds. The smallest absolute Gasteiger partial charge is 0.00461 e. The first-order valence-electron chi connectivity index (χ1n) is 1.32. The van der Waals surface area contributed by atoms with Crippen LogP contribution in [-0.4, -0.2) is 29.5 Å². The number of rotatable bonds is 1. The van der Waals surface area contributed by atoms with Crippen LogP contribution in [0.4, 0.5) is 0 Å². The summed E-state index contributed by atoms with van der Waals surface area (Å²) in [6.45, 7) is 1.19. The number of hydrogen-bond donors (Lipinski definition) is 2. The van der Waals surface area contributed by atoms with Crippen molar-refractivity contribution in [3.8, 4) is 0 Å². The third-order valence-corrected chi connectivity index (χ3v) is 0.167. The van der Waals surface area contributed by atoms with Gasteiger partial charge in [-0.15, -0.1) is 0 Å². The van der Waals surface area contributed by atoms with E-state index in [1.54, 1.807) is 0 Å². The fourth-order valence-corrected chi connectivity index (χ4v) is 0. The second-order valence-electron chi connectivity index (χ2n) is 0.577. The van der Waals surface area contributed by atoms with E-state index in [9.17, 15) is 0 Å². The molecule has 0 aliphatic rings. The summed E-state index contributed by atoms with van der Waals surface area (Å²) in [5.41, 5.74) is 9.81. The molecule has 0 aromatic carbocycles. The molecule has 10 N–H and O–H groups in total. The Balaban J connectivity index is -0.00000000750. The maximum atomic E-state index is 4.90. The molecule has 0 aromatic rings. The van der Waals surface area contributed by atoms with E-state index >= 15 is 0 Å². The molecule has 61 valence electrons. The third-order valence-electron chi connectivity index (χ3n) is 0.167. The van der Waals surface area contributed by atoms with Crippen molar-refractivity contribution in [2.24, 2.45) is 11.5 Å². The van der Waals surface area contributed by atoms with Crippen molar-refractivity contribution < 1.29 is 33.5 Å². The Morgan fingerprint density at radius 3 is 0.875 bits per heavy atom. The Bertz CT molecular complexity index is 17.2. The van der Waals surface area contributed by atoms with Gasteiger partial charge >= 0.3 is 0 Å². The minimum Gasteiger partial charge on any atom is -0.412 e. The van der Waals surface area contributed by atoms with Crippen LogP contribution >= 0.6 is 0 Å². The summed E-state index contributed by atoms with van der Waals surface area (Å²) in [5.74, 6) is 0. The first-order chi connectivity index (χ1) is 1.91. The van der Waals surface area contributed by atoms with Crippen molar-refractivity contribution in [3.05, 3.63) is 0 Å². The normalized spacial score (nSPS) is 3.75. The molecule has 6 heteroatoms. The van der Waals surface area contributed by atoms with Gasteiger partial charge in [-0.3, -0.25) is 0 Å². The largest absolute Gasteiger partial charge is 0.412 e. The molecular weight excluding hydrogens is 164 g/mol. The molecule has 0 aliphatic heterocycles. The molecule has 0 saturated heterocycles. The van der Waals surface area contributed by atoms with Gasteiger partial charge < -0.3 is 27.9 Å². The minimum absolute atomic E-state index is 0. The Hall–Kier alpha value is 0.319. The van der Waals surface area contributed by atoms with Crippen LogP contribution in [0.2, 0.25) is 0 Å². The standard InChI is InChI=1S/C2H8N2.Cu.3H2O/c3-1-2-4;;;;/h1-4H2;;3*1H2. The summed E-state index contributed by atoms with van der Waals surface area (Å²) in [5, 5.41) is 0. The van der Waals surface area contributed by atoms with Gasteiger partial charge in [-0.25, -0.2) is 0 Å². The van der Waals surface area contributed by atoms with E-state index in [4.69, 9.17) is 11.5 Å². The Morgan fingerprint density at radius 1 is 0.750 bits per heavy atom. The Labute approximate surface area is 58.8 Å². The van der Waals surface area contributed by atoms with Crippen molar-refractivity contribution in [2.45, 2.75) is 0 Å². The van der Waals surface area contributed by atoms with Crippen LogP contribution in [-0.2, 0) is 17.1 Å². The number of hydrogen-bond acceptors (Lipinski definition) is 2. The first kappa shape index (κ1) is 40.4. The van der Waals surface area contributed by atoms with Crippen LogP contribution in [0.3, 0.4) is 0 Å². The van der Waals surface area contributed by atoms with Gasteiger partial charge in [0, 0.05) is 30.2 Å². The van der Waals surface area contributed by atoms with E-state index in [1.165, 1.54) is 0 Å². The molecule has 5 nitrogen and oxygen atoms in total. The minimum atomic E-state index is 0. The monoisotopic (exact) mass is 177 g/mol. The van der Waals surface area contributed by atoms with Gasteiger partial charge in [0.1, 0.15) is 0 Å². The van der Waals surface area contributed by atoms with Crippen molar-refractivity contribution in [2.75, 3.05) is 13.1 Å². The summed E-state index contributed by atoms with van der Waals surface area (Å²) < 4.78 is 0. The van der Waals surface area contributed by atoms with E-state index in [2.05, 4.69) is 0 Å². The summed E-state index contributed by atoms with van der Waals surface area (Å²) in [6.07, 6.45) is 0. The van der Waals surface area contributed by atoms with Crippen LogP contribution in [0.15, 0.2) is 0 Å². The zero-order valence-corrected chi connectivity index (χ0v) is 5.31. The molecule has 0 atom stereocenters. The maximum absolute atomic E-state index is 4.90. The molecule has 0 aliphatic carbocycles. The zero-order valence-electron chi connectivity index (χ0n) is 4.37. The second-order valence-corrected chi connectivity index (χ2v) is 0.577. The van der Waals surface area contributed by atoms with Crippen LogP contribution in [0.1, 0.15) is 0 Å². The molecular formula is C2H14CuN2O3. The molecule has 0 bridgehead atoms. The number of nitrogens with two attached hydrogens (primary N) is 2. The first-order valence-corrected chi connectivity index (χ1v) is 1.32. The molecule has 0 heterocycles. The van der Waals surface area contributed by atoms with E-state index in [-0.39, 0.29) is 33.5 Å². The summed E-state index contributed by atoms with van der Waals surface area (Å²) in [6, 6.07) is 0. The molecule has 0 fully saturated rings. The Morgan fingerprint density at radius 2 is 0.875 bits per heavy atom. The Kier molecular flexibility index (Phi) is 275. The molecule has 1 radical (unpaired) electrons. The second kappa shape index (κ2) is 54.3. The average Bonchev–Trinajstić information content (AvgIpc) is 1.37. The van der Waals surface area contributed by atoms with E-state index in [0.29, 0.717) is 13.1 Å². The van der Waals surface area contributed by atoms with Crippen molar-refractivity contribution in [1.29, 1.82) is 0 Å². The van der Waals surface area contributed by atoms with E-state index < -0.39 is 0 Å². The predicted molar refractivity (Wildman–Crippen MR) is 29.0 cm³/mol. The van der Waals surface area contributed by atoms with Gasteiger partial charge in [0.2, 0.25) is 0 Å². The average molecular weight is 178 g/mol. The van der Waals surface area contributed by atoms with E-state index in [0.717, 1.165) is 0 Å². The van der Waals surface area contributed by atoms with Gasteiger partial charge in [-0.1, -0.05) is 0 Å². The predicted octanol–water partition coefficient (Wildman–Crippen LogP) is -3.57. The molecule has 8 heavy (non-hydrogen) atoms. The fourth-order valence-electron chi connectivity index (χ4n) is 0. The van der Waals surface area contributed by atoms with Crippen LogP contribution in [0.25, 0.3) is 0 Å². The molecule has 0 saturated carbocycles. The quantitative estimate of drug-likeness (QED) is 0.399. The third kappa shape index (κ3) is 103. The van der Waals surface area contributed by atoms with Gasteiger partial charge in [0.05, 0.1) is 0 Å². The maximum Gasteiger partial charge on any atom is 0.00461 e. The molecule has 0 rings (SSSR count). The van der Waals surface area contributed by atoms with Gasteiger partial charge in [-0.05, 0) is 0 Å². The van der Waals surface area contributed by atoms with Crippen LogP contribution in [0, 0.1) is 0 Å². The van der Waals surface area contributed by atoms with Gasteiger partial charge in [0.25, 0.3) is 0 Å². The molecule has 0 spiro atoms. The molecule has 0 unspecified atom stereocenters. The van der Waals surface area contributed by atoms with Crippen LogP contribution < -0.4 is 11.5 Å². The molecule has 0 aromatic heterocycles. The summed E-state index contributed by atoms with van der Waals surface area (Å²) >= 11 is 0. The zero-order chi connectivity index (χ0) is 3.41. The summed E-state index contributed by atoms with van der Waals surface area (Å²) in [7, 11) is 0. The van der Waals surface area contributed by atoms with Crippen molar-refractivity contribution >= 4 is 0 Å². The van der Waals surface area contributed by atoms with Gasteiger partial charge in [-0.2, -0.15) is 0 Å².